The lowest BCUT2D eigenvalue weighted by atomic mass is 10.0. The molecule has 1 atom stereocenters. The molecule has 1 heterocycles. The van der Waals surface area contributed by atoms with Gasteiger partial charge in [0.1, 0.15) is 4.60 Å². The maximum atomic E-state index is 12.0. The minimum absolute atomic E-state index is 0.0634. The van der Waals surface area contributed by atoms with Crippen molar-refractivity contribution in [1.29, 1.82) is 0 Å². The fraction of sp³-hybridized carbons (Fsp3) is 0.235. The van der Waals surface area contributed by atoms with Crippen LogP contribution in [-0.4, -0.2) is 28.6 Å². The third-order valence-corrected chi connectivity index (χ3v) is 3.69. The van der Waals surface area contributed by atoms with E-state index in [0.717, 1.165) is 16.6 Å². The molecule has 23 heavy (non-hydrogen) atoms. The Labute approximate surface area is 142 Å². The van der Waals surface area contributed by atoms with Crippen molar-refractivity contribution < 1.29 is 19.4 Å². The van der Waals surface area contributed by atoms with Crippen LogP contribution < -0.4 is 0 Å². The number of esters is 1. The van der Waals surface area contributed by atoms with Gasteiger partial charge in [-0.2, -0.15) is 0 Å². The number of carboxylic acid groups (broad SMARTS) is 1. The Bertz CT molecular complexity index is 700. The van der Waals surface area contributed by atoms with Crippen molar-refractivity contribution >= 4 is 27.9 Å². The van der Waals surface area contributed by atoms with Gasteiger partial charge < -0.3 is 9.84 Å². The van der Waals surface area contributed by atoms with Crippen LogP contribution in [0.2, 0.25) is 0 Å². The summed E-state index contributed by atoms with van der Waals surface area (Å²) in [5.74, 6) is -1.46. The predicted molar refractivity (Wildman–Crippen MR) is 88.5 cm³/mol. The summed E-state index contributed by atoms with van der Waals surface area (Å²) in [5, 5.41) is 8.93. The molecule has 0 fully saturated rings. The summed E-state index contributed by atoms with van der Waals surface area (Å²) in [6.45, 7) is 2.23. The van der Waals surface area contributed by atoms with Gasteiger partial charge in [0.25, 0.3) is 0 Å². The Morgan fingerprint density at radius 3 is 2.65 bits per heavy atom. The average Bonchev–Trinajstić information content (AvgIpc) is 2.55. The van der Waals surface area contributed by atoms with Gasteiger partial charge in [0, 0.05) is 6.20 Å². The molecule has 0 aliphatic heterocycles. The van der Waals surface area contributed by atoms with Crippen LogP contribution >= 0.6 is 15.9 Å². The molecule has 0 radical (unpaired) electrons. The van der Waals surface area contributed by atoms with Gasteiger partial charge >= 0.3 is 11.9 Å². The summed E-state index contributed by atoms with van der Waals surface area (Å²) in [5.41, 5.74) is 1.36. The Balaban J connectivity index is 1.89. The molecule has 120 valence electrons. The number of ether oxygens (including phenoxy) is 1. The highest BCUT2D eigenvalue weighted by molar-refractivity contribution is 9.10. The quantitative estimate of drug-likeness (QED) is 0.614. The summed E-state index contributed by atoms with van der Waals surface area (Å²) in [6, 6.07) is 9.64. The molecule has 6 heteroatoms. The Morgan fingerprint density at radius 2 is 2.00 bits per heavy atom. The van der Waals surface area contributed by atoms with Crippen LogP contribution in [0.1, 0.15) is 33.2 Å². The number of aromatic carboxylic acids is 1. The first-order valence-corrected chi connectivity index (χ1v) is 7.86. The monoisotopic (exact) mass is 377 g/mol. The SMILES string of the molecule is CC(COC(=O)c1cccc(C(=O)O)c1)Cc1ccc(Br)nc1. The lowest BCUT2D eigenvalue weighted by Gasteiger charge is -2.12. The number of aromatic nitrogens is 1. The molecule has 1 aromatic heterocycles. The highest BCUT2D eigenvalue weighted by Crippen LogP contribution is 2.13. The number of pyridine rings is 1. The van der Waals surface area contributed by atoms with Gasteiger partial charge in [-0.3, -0.25) is 0 Å². The van der Waals surface area contributed by atoms with Crippen LogP contribution in [-0.2, 0) is 11.2 Å². The van der Waals surface area contributed by atoms with Gasteiger partial charge in [-0.05, 0) is 58.1 Å². The molecule has 2 rings (SSSR count). The highest BCUT2D eigenvalue weighted by atomic mass is 79.9. The van der Waals surface area contributed by atoms with Gasteiger partial charge in [-0.15, -0.1) is 0 Å². The second kappa shape index (κ2) is 7.87. The third-order valence-electron chi connectivity index (χ3n) is 3.22. The lowest BCUT2D eigenvalue weighted by Crippen LogP contribution is -2.14. The molecular formula is C17H16BrNO4. The van der Waals surface area contributed by atoms with Gasteiger partial charge in [0.05, 0.1) is 17.7 Å². The maximum absolute atomic E-state index is 12.0. The number of halogens is 1. The smallest absolute Gasteiger partial charge is 0.338 e. The molecule has 2 aromatic rings. The van der Waals surface area contributed by atoms with Crippen LogP contribution in [0.3, 0.4) is 0 Å². The van der Waals surface area contributed by atoms with E-state index in [2.05, 4.69) is 20.9 Å². The summed E-state index contributed by atoms with van der Waals surface area (Å²) in [6.07, 6.45) is 2.52. The fourth-order valence-corrected chi connectivity index (χ4v) is 2.30. The number of rotatable bonds is 6. The molecule has 0 aliphatic carbocycles. The molecule has 1 unspecified atom stereocenters. The maximum Gasteiger partial charge on any atom is 0.338 e. The number of benzene rings is 1. The number of carboxylic acids is 1. The number of hydrogen-bond donors (Lipinski definition) is 1. The number of hydrogen-bond acceptors (Lipinski definition) is 4. The zero-order valence-electron chi connectivity index (χ0n) is 12.5. The Kier molecular flexibility index (Phi) is 5.87. The topological polar surface area (TPSA) is 76.5 Å². The van der Waals surface area contributed by atoms with E-state index in [1.165, 1.54) is 24.3 Å². The largest absolute Gasteiger partial charge is 0.478 e. The standard InChI is InChI=1S/C17H16BrNO4/c1-11(7-12-5-6-15(18)19-9-12)10-23-17(22)14-4-2-3-13(8-14)16(20)21/h2-6,8-9,11H,7,10H2,1H3,(H,20,21). The predicted octanol–water partition coefficient (Wildman–Crippen LogP) is 3.58. The highest BCUT2D eigenvalue weighted by Gasteiger charge is 2.13. The van der Waals surface area contributed by atoms with E-state index in [1.54, 1.807) is 6.20 Å². The first kappa shape index (κ1) is 17.1. The summed E-state index contributed by atoms with van der Waals surface area (Å²) >= 11 is 3.28. The molecule has 0 spiro atoms. The first-order valence-electron chi connectivity index (χ1n) is 7.06. The third kappa shape index (κ3) is 5.17. The van der Waals surface area contributed by atoms with Gasteiger partial charge in [-0.1, -0.05) is 19.1 Å². The zero-order chi connectivity index (χ0) is 16.8. The van der Waals surface area contributed by atoms with E-state index in [4.69, 9.17) is 9.84 Å². The molecule has 0 bridgehead atoms. The van der Waals surface area contributed by atoms with Crippen molar-refractivity contribution in [2.24, 2.45) is 5.92 Å². The van der Waals surface area contributed by atoms with E-state index in [0.29, 0.717) is 0 Å². The fourth-order valence-electron chi connectivity index (χ4n) is 2.07. The zero-order valence-corrected chi connectivity index (χ0v) is 14.1. The average molecular weight is 378 g/mol. The molecule has 0 saturated carbocycles. The molecule has 1 N–H and O–H groups in total. The molecule has 0 saturated heterocycles. The van der Waals surface area contributed by atoms with Crippen LogP contribution in [0.15, 0.2) is 47.2 Å². The second-order valence-corrected chi connectivity index (χ2v) is 6.10. The van der Waals surface area contributed by atoms with Crippen LogP contribution in [0, 0.1) is 5.92 Å². The lowest BCUT2D eigenvalue weighted by molar-refractivity contribution is 0.0449. The Morgan fingerprint density at radius 1 is 1.26 bits per heavy atom. The van der Waals surface area contributed by atoms with E-state index in [9.17, 15) is 9.59 Å². The molecule has 0 aliphatic rings. The normalized spacial score (nSPS) is 11.7. The van der Waals surface area contributed by atoms with Gasteiger partial charge in [-0.25, -0.2) is 14.6 Å². The van der Waals surface area contributed by atoms with Crippen molar-refractivity contribution in [3.8, 4) is 0 Å². The van der Waals surface area contributed by atoms with Crippen molar-refractivity contribution in [2.45, 2.75) is 13.3 Å². The van der Waals surface area contributed by atoms with E-state index >= 15 is 0 Å². The minimum atomic E-state index is -1.07. The minimum Gasteiger partial charge on any atom is -0.478 e. The van der Waals surface area contributed by atoms with E-state index in [-0.39, 0.29) is 23.7 Å². The van der Waals surface area contributed by atoms with E-state index < -0.39 is 11.9 Å². The molecular weight excluding hydrogens is 362 g/mol. The van der Waals surface area contributed by atoms with Gasteiger partial charge in [0.15, 0.2) is 0 Å². The molecule has 5 nitrogen and oxygen atoms in total. The van der Waals surface area contributed by atoms with Crippen LogP contribution in [0.4, 0.5) is 0 Å². The van der Waals surface area contributed by atoms with Crippen LogP contribution in [0.5, 0.6) is 0 Å². The van der Waals surface area contributed by atoms with E-state index in [1.807, 2.05) is 19.1 Å². The Hall–Kier alpha value is -2.21. The summed E-state index contributed by atoms with van der Waals surface area (Å²) in [7, 11) is 0. The number of carbonyl (C=O) groups is 2. The summed E-state index contributed by atoms with van der Waals surface area (Å²) in [4.78, 5) is 27.0. The molecule has 1 aromatic carbocycles. The number of nitrogens with zero attached hydrogens (tertiary/aromatic N) is 1. The van der Waals surface area contributed by atoms with Crippen molar-refractivity contribution in [3.63, 3.8) is 0 Å². The van der Waals surface area contributed by atoms with Crippen LogP contribution in [0.25, 0.3) is 0 Å². The molecule has 0 amide bonds. The number of carbonyl (C=O) groups excluding carboxylic acids is 1. The first-order chi connectivity index (χ1) is 11.0. The summed E-state index contributed by atoms with van der Waals surface area (Å²) < 4.78 is 6.04. The van der Waals surface area contributed by atoms with Crippen molar-refractivity contribution in [2.75, 3.05) is 6.61 Å². The van der Waals surface area contributed by atoms with Crippen molar-refractivity contribution in [3.05, 3.63) is 63.9 Å². The van der Waals surface area contributed by atoms with Crippen molar-refractivity contribution in [1.82, 2.24) is 4.98 Å². The second-order valence-electron chi connectivity index (χ2n) is 5.28. The van der Waals surface area contributed by atoms with Gasteiger partial charge in [0.2, 0.25) is 0 Å².